The minimum atomic E-state index is -3.51. The number of hydrogen-bond acceptors (Lipinski definition) is 6. The van der Waals surface area contributed by atoms with E-state index in [1.165, 1.54) is 55.2 Å². The molecule has 2 atom stereocenters. The van der Waals surface area contributed by atoms with Gasteiger partial charge in [-0.25, -0.2) is 13.2 Å². The first kappa shape index (κ1) is 30.6. The van der Waals surface area contributed by atoms with Gasteiger partial charge < -0.3 is 20.1 Å². The molecule has 0 fully saturated rings. The normalized spacial score (nSPS) is 13.5. The Hall–Kier alpha value is -2.99. The van der Waals surface area contributed by atoms with E-state index < -0.39 is 34.9 Å². The highest BCUT2D eigenvalue weighted by atomic mass is 35.5. The fourth-order valence-corrected chi connectivity index (χ4v) is 6.24. The molecular weight excluding hydrogens is 608 g/mol. The number of hydrogen-bond donors (Lipinski definition) is 3. The van der Waals surface area contributed by atoms with Crippen molar-refractivity contribution < 1.29 is 32.8 Å². The van der Waals surface area contributed by atoms with Crippen LogP contribution in [0.4, 0.5) is 0 Å². The van der Waals surface area contributed by atoms with Crippen molar-refractivity contribution in [1.29, 1.82) is 0 Å². The Bertz CT molecular complexity index is 1670. The van der Waals surface area contributed by atoms with Gasteiger partial charge in [0.1, 0.15) is 11.8 Å². The molecule has 8 nitrogen and oxygen atoms in total. The quantitative estimate of drug-likeness (QED) is 0.252. The van der Waals surface area contributed by atoms with E-state index in [2.05, 4.69) is 16.9 Å². The first-order chi connectivity index (χ1) is 18.1. The number of sulfone groups is 1. The Kier molecular flexibility index (Phi) is 9.43. The van der Waals surface area contributed by atoms with E-state index in [1.807, 2.05) is 0 Å². The zero-order valence-corrected chi connectivity index (χ0v) is 24.4. The number of phenolic OH excluding ortho intramolecular Hbond substituents is 1. The minimum Gasteiger partial charge on any atom is -0.506 e. The van der Waals surface area contributed by atoms with Crippen molar-refractivity contribution in [3.8, 4) is 17.3 Å². The third-order valence-corrected chi connectivity index (χ3v) is 9.29. The molecular formula is C26H21Cl3NO7PS. The summed E-state index contributed by atoms with van der Waals surface area (Å²) in [5.41, 5.74) is 3.10. The van der Waals surface area contributed by atoms with Crippen molar-refractivity contribution in [1.82, 2.24) is 5.32 Å². The number of carbonyl (C=O) groups is 2. The molecule has 39 heavy (non-hydrogen) atoms. The van der Waals surface area contributed by atoms with E-state index in [0.29, 0.717) is 10.9 Å². The van der Waals surface area contributed by atoms with Crippen LogP contribution in [0, 0.1) is 11.6 Å². The highest BCUT2D eigenvalue weighted by molar-refractivity contribution is 7.90. The van der Waals surface area contributed by atoms with Gasteiger partial charge in [0, 0.05) is 30.2 Å². The van der Waals surface area contributed by atoms with E-state index in [1.54, 1.807) is 6.07 Å². The summed E-state index contributed by atoms with van der Waals surface area (Å²) in [7, 11) is -6.73. The number of rotatable bonds is 7. The number of aliphatic carboxylic acids is 1. The lowest BCUT2D eigenvalue weighted by atomic mass is 10.0. The second kappa shape index (κ2) is 12.0. The van der Waals surface area contributed by atoms with Crippen LogP contribution in [0.25, 0.3) is 0 Å². The van der Waals surface area contributed by atoms with E-state index in [4.69, 9.17) is 34.8 Å². The number of halogens is 3. The Morgan fingerprint density at radius 2 is 1.67 bits per heavy atom. The molecule has 13 heteroatoms. The summed E-state index contributed by atoms with van der Waals surface area (Å²) >= 11 is 18.5. The number of phenols is 1. The standard InChI is InChI=1S/C26H21Cl3NO7PS/c1-38(35,17-6-7-23(31)19(27)14-17)9-8-16-11-20(28)24(21(29)12-16)25(32)30-22(26(33)34)13-15-4-3-5-18(10-15)39(2,36)37/h3-7,10-12,14,22,31H,13H2,1-2H3,(H,30,32)(H,33,34)/t22-,38?/m0/s1. The van der Waals surface area contributed by atoms with Crippen molar-refractivity contribution in [3.05, 3.63) is 86.4 Å². The summed E-state index contributed by atoms with van der Waals surface area (Å²) in [4.78, 5) is 24.8. The summed E-state index contributed by atoms with van der Waals surface area (Å²) < 4.78 is 36.7. The molecule has 0 aromatic heterocycles. The number of nitrogens with one attached hydrogen (secondary N) is 1. The van der Waals surface area contributed by atoms with Gasteiger partial charge in [-0.3, -0.25) is 4.79 Å². The Balaban J connectivity index is 1.84. The molecule has 0 aliphatic rings. The average Bonchev–Trinajstić information content (AvgIpc) is 2.83. The summed E-state index contributed by atoms with van der Waals surface area (Å²) in [6.45, 7) is 1.42. The summed E-state index contributed by atoms with van der Waals surface area (Å²) in [5.74, 6) is 0.337. The maximum absolute atomic E-state index is 13.1. The van der Waals surface area contributed by atoms with Crippen LogP contribution in [0.1, 0.15) is 21.5 Å². The number of benzene rings is 3. The molecule has 0 aliphatic carbocycles. The van der Waals surface area contributed by atoms with E-state index in [9.17, 15) is 32.8 Å². The van der Waals surface area contributed by atoms with Crippen molar-refractivity contribution in [2.75, 3.05) is 12.9 Å². The lowest BCUT2D eigenvalue weighted by Gasteiger charge is -2.16. The summed E-state index contributed by atoms with van der Waals surface area (Å²) in [6.07, 6.45) is 0.833. The van der Waals surface area contributed by atoms with E-state index >= 15 is 0 Å². The SMILES string of the molecule is CP(=O)(C#Cc1cc(Cl)c(C(=O)N[C@@H](Cc2cccc(S(C)(=O)=O)c2)C(=O)O)c(Cl)c1)c1ccc(O)c(Cl)c1. The highest BCUT2D eigenvalue weighted by Gasteiger charge is 2.25. The smallest absolute Gasteiger partial charge is 0.326 e. The van der Waals surface area contributed by atoms with Crippen LogP contribution < -0.4 is 10.6 Å². The summed E-state index contributed by atoms with van der Waals surface area (Å²) in [5, 5.41) is 21.7. The van der Waals surface area contributed by atoms with Crippen molar-refractivity contribution in [3.63, 3.8) is 0 Å². The molecule has 0 spiro atoms. The Labute approximate surface area is 240 Å². The van der Waals surface area contributed by atoms with E-state index in [-0.39, 0.29) is 43.3 Å². The Morgan fingerprint density at radius 1 is 1.03 bits per heavy atom. The van der Waals surface area contributed by atoms with Crippen LogP contribution in [0.2, 0.25) is 15.1 Å². The first-order valence-electron chi connectivity index (χ1n) is 11.0. The zero-order chi connectivity index (χ0) is 29.1. The second-order valence-corrected chi connectivity index (χ2v) is 14.4. The van der Waals surface area contributed by atoms with Crippen LogP contribution >= 0.6 is 41.9 Å². The molecule has 3 N–H and O–H groups in total. The molecule has 0 aliphatic heterocycles. The van der Waals surface area contributed by atoms with E-state index in [0.717, 1.165) is 6.26 Å². The maximum Gasteiger partial charge on any atom is 0.326 e. The van der Waals surface area contributed by atoms with Gasteiger partial charge in [-0.15, -0.1) is 0 Å². The number of carboxylic acid groups (broad SMARTS) is 1. The molecule has 3 aromatic carbocycles. The molecule has 0 saturated heterocycles. The summed E-state index contributed by atoms with van der Waals surface area (Å²) in [6, 6.07) is 11.1. The topological polar surface area (TPSA) is 138 Å². The second-order valence-electron chi connectivity index (χ2n) is 8.60. The number of carbonyl (C=O) groups excluding carboxylic acids is 1. The third kappa shape index (κ3) is 7.78. The molecule has 0 bridgehead atoms. The van der Waals surface area contributed by atoms with Crippen LogP contribution in [-0.2, 0) is 25.6 Å². The lowest BCUT2D eigenvalue weighted by Crippen LogP contribution is -2.42. The van der Waals surface area contributed by atoms with Crippen LogP contribution in [0.5, 0.6) is 5.75 Å². The van der Waals surface area contributed by atoms with Crippen LogP contribution in [-0.4, -0.2) is 49.5 Å². The number of amides is 1. The van der Waals surface area contributed by atoms with Gasteiger partial charge in [-0.05, 0) is 53.7 Å². The average molecular weight is 629 g/mol. The van der Waals surface area contributed by atoms with Crippen LogP contribution in [0.3, 0.4) is 0 Å². The van der Waals surface area contributed by atoms with Gasteiger partial charge in [0.2, 0.25) is 0 Å². The molecule has 1 unspecified atom stereocenters. The van der Waals surface area contributed by atoms with Gasteiger partial charge in [-0.2, -0.15) is 0 Å². The lowest BCUT2D eigenvalue weighted by molar-refractivity contribution is -0.139. The maximum atomic E-state index is 13.1. The molecule has 0 radical (unpaired) electrons. The van der Waals surface area contributed by atoms with Crippen molar-refractivity contribution >= 4 is 69.0 Å². The monoisotopic (exact) mass is 627 g/mol. The third-order valence-electron chi connectivity index (χ3n) is 5.48. The molecule has 1 amide bonds. The predicted molar refractivity (Wildman–Crippen MR) is 152 cm³/mol. The molecule has 3 aromatic rings. The fourth-order valence-electron chi connectivity index (χ4n) is 3.43. The fraction of sp³-hybridized carbons (Fsp3) is 0.154. The van der Waals surface area contributed by atoms with Gasteiger partial charge in [0.25, 0.3) is 5.91 Å². The van der Waals surface area contributed by atoms with Crippen molar-refractivity contribution in [2.24, 2.45) is 0 Å². The van der Waals surface area contributed by atoms with Gasteiger partial charge in [0.15, 0.2) is 17.0 Å². The Morgan fingerprint density at radius 3 is 2.23 bits per heavy atom. The van der Waals surface area contributed by atoms with Gasteiger partial charge >= 0.3 is 5.97 Å². The number of aromatic hydroxyl groups is 1. The first-order valence-corrected chi connectivity index (χ1v) is 16.2. The predicted octanol–water partition coefficient (Wildman–Crippen LogP) is 4.81. The van der Waals surface area contributed by atoms with Crippen molar-refractivity contribution in [2.45, 2.75) is 17.4 Å². The highest BCUT2D eigenvalue weighted by Crippen LogP contribution is 2.40. The molecule has 0 saturated carbocycles. The van der Waals surface area contributed by atoms with Crippen LogP contribution in [0.15, 0.2) is 59.5 Å². The number of carboxylic acids is 1. The largest absolute Gasteiger partial charge is 0.506 e. The zero-order valence-electron chi connectivity index (χ0n) is 20.4. The minimum absolute atomic E-state index is 0.0170. The van der Waals surface area contributed by atoms with Gasteiger partial charge in [0.05, 0.1) is 25.5 Å². The van der Waals surface area contributed by atoms with Gasteiger partial charge in [-0.1, -0.05) is 52.9 Å². The molecule has 3 rings (SSSR count). The molecule has 0 heterocycles. The molecule has 204 valence electrons.